The van der Waals surface area contributed by atoms with Crippen molar-refractivity contribution in [3.63, 3.8) is 0 Å². The molecule has 1 aliphatic carbocycles. The van der Waals surface area contributed by atoms with Crippen molar-refractivity contribution in [3.8, 4) is 5.75 Å². The maximum absolute atomic E-state index is 13.7. The Balaban J connectivity index is 1.30. The molecule has 2 aromatic carbocycles. The van der Waals surface area contributed by atoms with E-state index in [4.69, 9.17) is 10.5 Å². The van der Waals surface area contributed by atoms with Gasteiger partial charge >= 0.3 is 0 Å². The Morgan fingerprint density at radius 3 is 2.94 bits per heavy atom. The molecule has 2 atom stereocenters. The van der Waals surface area contributed by atoms with Crippen LogP contribution in [0.2, 0.25) is 0 Å². The van der Waals surface area contributed by atoms with Gasteiger partial charge in [-0.25, -0.2) is 4.39 Å². The normalized spacial score (nSPS) is 19.5. The van der Waals surface area contributed by atoms with Crippen LogP contribution in [0.15, 0.2) is 42.6 Å². The lowest BCUT2D eigenvalue weighted by Crippen LogP contribution is -2.49. The Morgan fingerprint density at radius 1 is 1.29 bits per heavy atom. The third-order valence-electron chi connectivity index (χ3n) is 6.91. The van der Waals surface area contributed by atoms with Crippen LogP contribution in [0.25, 0.3) is 10.9 Å². The molecule has 0 radical (unpaired) electrons. The maximum atomic E-state index is 13.7. The van der Waals surface area contributed by atoms with Gasteiger partial charge in [0.1, 0.15) is 18.2 Å². The summed E-state index contributed by atoms with van der Waals surface area (Å²) >= 11 is 0. The highest BCUT2D eigenvalue weighted by Crippen LogP contribution is 2.34. The topological polar surface area (TPSA) is 80.1 Å². The van der Waals surface area contributed by atoms with Crippen LogP contribution in [0, 0.1) is 11.7 Å². The molecular formula is C25H28FN3O2. The number of hydrogen-bond donors (Lipinski definition) is 3. The summed E-state index contributed by atoms with van der Waals surface area (Å²) < 4.78 is 19.7. The number of aryl methyl sites for hydroxylation is 1. The van der Waals surface area contributed by atoms with Gasteiger partial charge in [0.25, 0.3) is 0 Å². The zero-order valence-electron chi connectivity index (χ0n) is 17.5. The number of H-pyrrole nitrogens is 1. The van der Waals surface area contributed by atoms with Gasteiger partial charge in [-0.15, -0.1) is 0 Å². The van der Waals surface area contributed by atoms with Crippen molar-refractivity contribution in [2.45, 2.75) is 50.6 Å². The predicted molar refractivity (Wildman–Crippen MR) is 119 cm³/mol. The molecule has 1 aliphatic heterocycles. The number of hydrogen-bond acceptors (Lipinski definition) is 3. The Kier molecular flexibility index (Phi) is 5.40. The van der Waals surface area contributed by atoms with E-state index in [0.29, 0.717) is 24.1 Å². The van der Waals surface area contributed by atoms with Gasteiger partial charge in [0.2, 0.25) is 5.91 Å². The lowest BCUT2D eigenvalue weighted by molar-refractivity contribution is 0.0997. The highest BCUT2D eigenvalue weighted by molar-refractivity contribution is 5.95. The minimum Gasteiger partial charge on any atom is -0.492 e. The Bertz CT molecular complexity index is 1110. The summed E-state index contributed by atoms with van der Waals surface area (Å²) in [5.41, 5.74) is 9.15. The summed E-state index contributed by atoms with van der Waals surface area (Å²) in [7, 11) is 0. The fraction of sp³-hybridized carbons (Fsp3) is 0.400. The number of aromatic nitrogens is 1. The zero-order chi connectivity index (χ0) is 21.4. The van der Waals surface area contributed by atoms with Gasteiger partial charge < -0.3 is 20.8 Å². The number of halogens is 1. The lowest BCUT2D eigenvalue weighted by atomic mass is 9.77. The maximum Gasteiger partial charge on any atom is 0.249 e. The number of benzene rings is 2. The van der Waals surface area contributed by atoms with Gasteiger partial charge in [-0.2, -0.15) is 0 Å². The van der Waals surface area contributed by atoms with Crippen LogP contribution < -0.4 is 15.8 Å². The number of aromatic amines is 1. The van der Waals surface area contributed by atoms with Gasteiger partial charge in [0, 0.05) is 40.3 Å². The summed E-state index contributed by atoms with van der Waals surface area (Å²) in [6.45, 7) is 0.580. The molecule has 1 aromatic heterocycles. The van der Waals surface area contributed by atoms with E-state index >= 15 is 0 Å². The van der Waals surface area contributed by atoms with E-state index in [-0.39, 0.29) is 11.9 Å². The smallest absolute Gasteiger partial charge is 0.249 e. The first-order valence-electron chi connectivity index (χ1n) is 11.1. The Morgan fingerprint density at radius 2 is 2.16 bits per heavy atom. The van der Waals surface area contributed by atoms with E-state index in [0.717, 1.165) is 47.0 Å². The van der Waals surface area contributed by atoms with Gasteiger partial charge in [0.15, 0.2) is 0 Å². The number of carbonyl (C=O) groups is 1. The molecule has 31 heavy (non-hydrogen) atoms. The summed E-state index contributed by atoms with van der Waals surface area (Å²) in [6, 6.07) is 10.9. The molecule has 162 valence electrons. The number of carbonyl (C=O) groups excluding carboxylic acids is 1. The van der Waals surface area contributed by atoms with Crippen molar-refractivity contribution in [1.29, 1.82) is 0 Å². The largest absolute Gasteiger partial charge is 0.492 e. The molecule has 2 heterocycles. The lowest BCUT2D eigenvalue weighted by Gasteiger charge is -2.38. The quantitative estimate of drug-likeness (QED) is 0.537. The molecule has 0 bridgehead atoms. The second kappa shape index (κ2) is 8.35. The van der Waals surface area contributed by atoms with E-state index < -0.39 is 5.91 Å². The second-order valence-corrected chi connectivity index (χ2v) is 8.87. The van der Waals surface area contributed by atoms with E-state index in [1.807, 2.05) is 18.3 Å². The van der Waals surface area contributed by atoms with Crippen LogP contribution in [0.3, 0.4) is 0 Å². The van der Waals surface area contributed by atoms with Crippen molar-refractivity contribution in [2.24, 2.45) is 11.7 Å². The van der Waals surface area contributed by atoms with Gasteiger partial charge in [-0.3, -0.25) is 4.79 Å². The molecule has 0 spiro atoms. The van der Waals surface area contributed by atoms with Crippen molar-refractivity contribution >= 4 is 16.8 Å². The van der Waals surface area contributed by atoms with E-state index in [1.54, 1.807) is 18.2 Å². The molecule has 1 fully saturated rings. The number of primary amides is 1. The molecular weight excluding hydrogens is 393 g/mol. The molecule has 1 saturated carbocycles. The Hall–Kier alpha value is -2.86. The summed E-state index contributed by atoms with van der Waals surface area (Å²) in [5, 5.41) is 4.79. The van der Waals surface area contributed by atoms with Crippen LogP contribution >= 0.6 is 0 Å². The van der Waals surface area contributed by atoms with E-state index in [9.17, 15) is 9.18 Å². The third kappa shape index (κ3) is 4.04. The number of nitrogens with two attached hydrogens (primary N) is 1. The first kappa shape index (κ1) is 20.1. The van der Waals surface area contributed by atoms with Crippen LogP contribution in [0.1, 0.15) is 47.2 Å². The molecule has 4 N–H and O–H groups in total. The fourth-order valence-electron chi connectivity index (χ4n) is 5.01. The number of fused-ring (bicyclic) bond motifs is 2. The molecule has 5 rings (SSSR count). The summed E-state index contributed by atoms with van der Waals surface area (Å²) in [4.78, 5) is 15.1. The summed E-state index contributed by atoms with van der Waals surface area (Å²) in [6.07, 6.45) is 8.34. The van der Waals surface area contributed by atoms with Crippen LogP contribution in [0.5, 0.6) is 5.75 Å². The van der Waals surface area contributed by atoms with Crippen molar-refractivity contribution in [1.82, 2.24) is 10.3 Å². The minimum absolute atomic E-state index is 0.138. The monoisotopic (exact) mass is 421 g/mol. The van der Waals surface area contributed by atoms with E-state index in [2.05, 4.69) is 10.3 Å². The SMILES string of the molecule is NC(=O)c1cccc2c1CC(NC(CCc1c[nH]c3ccc(F)cc13)C1CCC1)CO2. The van der Waals surface area contributed by atoms with Crippen LogP contribution in [-0.4, -0.2) is 29.6 Å². The first-order valence-corrected chi connectivity index (χ1v) is 11.1. The predicted octanol–water partition coefficient (Wildman–Crippen LogP) is 4.10. The van der Waals surface area contributed by atoms with Crippen molar-refractivity contribution in [2.75, 3.05) is 6.61 Å². The van der Waals surface area contributed by atoms with Crippen molar-refractivity contribution < 1.29 is 13.9 Å². The number of ether oxygens (including phenoxy) is 1. The van der Waals surface area contributed by atoms with Crippen molar-refractivity contribution in [3.05, 3.63) is 65.1 Å². The van der Waals surface area contributed by atoms with Gasteiger partial charge in [0.05, 0.1) is 0 Å². The average molecular weight is 422 g/mol. The molecule has 6 heteroatoms. The Labute approximate surface area is 181 Å². The summed E-state index contributed by atoms with van der Waals surface area (Å²) in [5.74, 6) is 0.790. The van der Waals surface area contributed by atoms with Crippen LogP contribution in [0.4, 0.5) is 4.39 Å². The highest BCUT2D eigenvalue weighted by Gasteiger charge is 2.31. The van der Waals surface area contributed by atoms with Crippen LogP contribution in [-0.2, 0) is 12.8 Å². The molecule has 2 aliphatic rings. The second-order valence-electron chi connectivity index (χ2n) is 8.87. The highest BCUT2D eigenvalue weighted by atomic mass is 19.1. The fourth-order valence-corrected chi connectivity index (χ4v) is 5.01. The molecule has 2 unspecified atom stereocenters. The molecule has 0 saturated heterocycles. The number of rotatable bonds is 7. The molecule has 3 aromatic rings. The zero-order valence-corrected chi connectivity index (χ0v) is 17.5. The molecule has 1 amide bonds. The minimum atomic E-state index is -0.414. The number of nitrogens with one attached hydrogen (secondary N) is 2. The average Bonchev–Trinajstić information content (AvgIpc) is 3.12. The van der Waals surface area contributed by atoms with Gasteiger partial charge in [-0.1, -0.05) is 12.5 Å². The van der Waals surface area contributed by atoms with Gasteiger partial charge in [-0.05, 0) is 73.9 Å². The third-order valence-corrected chi connectivity index (χ3v) is 6.91. The first-order chi connectivity index (χ1) is 15.1. The standard InChI is InChI=1S/C25H28FN3O2/c26-17-8-10-23-20(11-17)16(13-28-23)7-9-22(15-3-1-4-15)29-18-12-21-19(25(27)30)5-2-6-24(21)31-14-18/h2,5-6,8,10-11,13,15,18,22,28-29H,1,3-4,7,9,12,14H2,(H2,27,30). The number of amides is 1. The molecule has 5 nitrogen and oxygen atoms in total. The van der Waals surface area contributed by atoms with E-state index in [1.165, 1.54) is 25.3 Å².